The monoisotopic (exact) mass is 342 g/mol. The van der Waals surface area contributed by atoms with Gasteiger partial charge in [0.15, 0.2) is 0 Å². The molecule has 0 aliphatic carbocycles. The third-order valence-corrected chi connectivity index (χ3v) is 4.32. The summed E-state index contributed by atoms with van der Waals surface area (Å²) in [5, 5.41) is 9.42. The molecule has 23 heavy (non-hydrogen) atoms. The van der Waals surface area contributed by atoms with Gasteiger partial charge in [-0.1, -0.05) is 59.2 Å². The van der Waals surface area contributed by atoms with Crippen molar-refractivity contribution in [3.8, 4) is 0 Å². The van der Waals surface area contributed by atoms with Crippen LogP contribution in [0.2, 0.25) is 0 Å². The fourth-order valence-electron chi connectivity index (χ4n) is 2.87. The number of hydrogen-bond donors (Lipinski definition) is 3. The lowest BCUT2D eigenvalue weighted by Crippen LogP contribution is -2.24. The number of aliphatic hydroxyl groups excluding tert-OH is 1. The van der Waals surface area contributed by atoms with Crippen LogP contribution in [-0.2, 0) is 15.4 Å². The lowest BCUT2D eigenvalue weighted by atomic mass is 9.73. The van der Waals surface area contributed by atoms with E-state index in [1.54, 1.807) is 0 Å². The molecule has 4 nitrogen and oxygen atoms in total. The van der Waals surface area contributed by atoms with E-state index in [0.717, 1.165) is 16.7 Å². The summed E-state index contributed by atoms with van der Waals surface area (Å²) in [5.74, 6) is 0. The molecule has 0 spiro atoms. The van der Waals surface area contributed by atoms with E-state index in [9.17, 15) is 14.9 Å². The minimum absolute atomic E-state index is 0.0745. The van der Waals surface area contributed by atoms with Crippen molar-refractivity contribution in [2.75, 3.05) is 6.61 Å². The summed E-state index contributed by atoms with van der Waals surface area (Å²) in [6.07, 6.45) is -0.208. The van der Waals surface area contributed by atoms with E-state index in [1.807, 2.05) is 0 Å². The van der Waals surface area contributed by atoms with E-state index in [0.29, 0.717) is 6.42 Å². The van der Waals surface area contributed by atoms with Gasteiger partial charge in [0.2, 0.25) is 0 Å². The van der Waals surface area contributed by atoms with Crippen molar-refractivity contribution in [2.45, 2.75) is 71.8 Å². The highest BCUT2D eigenvalue weighted by atomic mass is 31.2. The summed E-state index contributed by atoms with van der Waals surface area (Å²) in [7, 11) is -2.49. The number of rotatable bonds is 5. The standard InChI is InChI=1S/C18H31O4P/c1-12-10-13(17(2,3)4)16(14(11-12)18(5,6)7)15(8-9-19)22-23(20)21/h10-11,15,19-21H,8-9H2,1-7H3. The predicted molar refractivity (Wildman–Crippen MR) is 95.5 cm³/mol. The highest BCUT2D eigenvalue weighted by Crippen LogP contribution is 2.44. The van der Waals surface area contributed by atoms with Crippen LogP contribution in [0.1, 0.15) is 76.3 Å². The zero-order valence-electron chi connectivity index (χ0n) is 15.3. The molecule has 0 saturated heterocycles. The normalized spacial score (nSPS) is 14.4. The molecule has 0 amide bonds. The maximum absolute atomic E-state index is 9.42. The number of aryl methyl sites for hydroxylation is 1. The summed E-state index contributed by atoms with van der Waals surface area (Å²) in [6.45, 7) is 14.8. The summed E-state index contributed by atoms with van der Waals surface area (Å²) in [5.41, 5.74) is 4.15. The lowest BCUT2D eigenvalue weighted by Gasteiger charge is -2.34. The van der Waals surface area contributed by atoms with Gasteiger partial charge in [-0.3, -0.25) is 0 Å². The molecule has 1 rings (SSSR count). The van der Waals surface area contributed by atoms with Crippen LogP contribution in [0.3, 0.4) is 0 Å². The molecule has 1 atom stereocenters. The van der Waals surface area contributed by atoms with Crippen LogP contribution < -0.4 is 0 Å². The Morgan fingerprint density at radius 3 is 1.74 bits per heavy atom. The zero-order valence-corrected chi connectivity index (χ0v) is 16.2. The van der Waals surface area contributed by atoms with Crippen molar-refractivity contribution >= 4 is 8.60 Å². The fourth-order valence-corrected chi connectivity index (χ4v) is 3.30. The molecule has 0 saturated carbocycles. The van der Waals surface area contributed by atoms with Crippen LogP contribution in [0.15, 0.2) is 12.1 Å². The van der Waals surface area contributed by atoms with E-state index in [1.165, 1.54) is 5.56 Å². The van der Waals surface area contributed by atoms with Crippen LogP contribution in [0.4, 0.5) is 0 Å². The van der Waals surface area contributed by atoms with Gasteiger partial charge in [-0.15, -0.1) is 0 Å². The molecular formula is C18H31O4P. The Hall–Kier alpha value is -0.510. The molecule has 0 radical (unpaired) electrons. The third kappa shape index (κ3) is 5.51. The van der Waals surface area contributed by atoms with Gasteiger partial charge in [0.05, 0.1) is 6.10 Å². The van der Waals surface area contributed by atoms with Crippen LogP contribution in [0.25, 0.3) is 0 Å². The molecule has 0 aliphatic rings. The average molecular weight is 342 g/mol. The highest BCUT2D eigenvalue weighted by Gasteiger charge is 2.31. The van der Waals surface area contributed by atoms with Crippen molar-refractivity contribution < 1.29 is 19.4 Å². The largest absolute Gasteiger partial charge is 0.396 e. The summed E-state index contributed by atoms with van der Waals surface area (Å²) in [4.78, 5) is 18.7. The van der Waals surface area contributed by atoms with E-state index in [2.05, 4.69) is 60.6 Å². The number of hydrogen-bond acceptors (Lipinski definition) is 4. The van der Waals surface area contributed by atoms with Gasteiger partial charge >= 0.3 is 8.60 Å². The zero-order chi connectivity index (χ0) is 18.0. The van der Waals surface area contributed by atoms with Gasteiger partial charge in [0, 0.05) is 13.0 Å². The van der Waals surface area contributed by atoms with Crippen molar-refractivity contribution in [1.82, 2.24) is 0 Å². The Labute approximate surface area is 141 Å². The average Bonchev–Trinajstić information content (AvgIpc) is 2.34. The molecule has 3 N–H and O–H groups in total. The maximum atomic E-state index is 9.42. The van der Waals surface area contributed by atoms with Crippen molar-refractivity contribution in [3.05, 3.63) is 34.4 Å². The van der Waals surface area contributed by atoms with Gasteiger partial charge in [-0.05, 0) is 34.4 Å². The molecule has 5 heteroatoms. The summed E-state index contributed by atoms with van der Waals surface area (Å²) >= 11 is 0. The minimum atomic E-state index is -2.49. The van der Waals surface area contributed by atoms with Crippen LogP contribution in [0.5, 0.6) is 0 Å². The molecule has 0 aliphatic heterocycles. The second-order valence-corrected chi connectivity index (χ2v) is 8.85. The topological polar surface area (TPSA) is 69.9 Å². The van der Waals surface area contributed by atoms with Gasteiger partial charge in [0.25, 0.3) is 0 Å². The molecule has 0 fully saturated rings. The van der Waals surface area contributed by atoms with Crippen molar-refractivity contribution in [2.24, 2.45) is 0 Å². The molecule has 1 unspecified atom stereocenters. The smallest absolute Gasteiger partial charge is 0.327 e. The first kappa shape index (κ1) is 20.5. The second-order valence-electron chi connectivity index (χ2n) is 8.13. The summed E-state index contributed by atoms with van der Waals surface area (Å²) in [6, 6.07) is 4.27. The summed E-state index contributed by atoms with van der Waals surface area (Å²) < 4.78 is 5.40. The lowest BCUT2D eigenvalue weighted by molar-refractivity contribution is 0.133. The van der Waals surface area contributed by atoms with Crippen molar-refractivity contribution in [1.29, 1.82) is 0 Å². The van der Waals surface area contributed by atoms with E-state index >= 15 is 0 Å². The molecule has 132 valence electrons. The SMILES string of the molecule is Cc1cc(C(C)(C)C)c(C(CCO)OP(O)O)c(C(C)(C)C)c1. The van der Waals surface area contributed by atoms with Gasteiger partial charge in [-0.25, -0.2) is 0 Å². The Morgan fingerprint density at radius 2 is 1.43 bits per heavy atom. The van der Waals surface area contributed by atoms with Crippen LogP contribution in [0, 0.1) is 6.92 Å². The number of aliphatic hydroxyl groups is 1. The first-order valence-corrected chi connectivity index (χ1v) is 9.15. The van der Waals surface area contributed by atoms with Crippen LogP contribution in [-0.4, -0.2) is 21.5 Å². The molecular weight excluding hydrogens is 311 g/mol. The Balaban J connectivity index is 3.68. The molecule has 0 bridgehead atoms. The fraction of sp³-hybridized carbons (Fsp3) is 0.667. The van der Waals surface area contributed by atoms with E-state index in [4.69, 9.17) is 4.52 Å². The first-order chi connectivity index (χ1) is 10.4. The van der Waals surface area contributed by atoms with Gasteiger partial charge in [-0.2, -0.15) is 0 Å². The molecule has 1 aromatic carbocycles. The van der Waals surface area contributed by atoms with E-state index in [-0.39, 0.29) is 17.4 Å². The maximum Gasteiger partial charge on any atom is 0.327 e. The third-order valence-electron chi connectivity index (χ3n) is 3.88. The highest BCUT2D eigenvalue weighted by molar-refractivity contribution is 7.39. The Bertz CT molecular complexity index is 492. The minimum Gasteiger partial charge on any atom is -0.396 e. The predicted octanol–water partition coefficient (Wildman–Crippen LogP) is 4.24. The molecule has 1 aromatic rings. The second kappa shape index (κ2) is 7.58. The molecule has 0 heterocycles. The van der Waals surface area contributed by atoms with E-state index < -0.39 is 14.7 Å². The number of benzene rings is 1. The van der Waals surface area contributed by atoms with Gasteiger partial charge < -0.3 is 19.4 Å². The first-order valence-electron chi connectivity index (χ1n) is 7.99. The van der Waals surface area contributed by atoms with Gasteiger partial charge in [0.1, 0.15) is 0 Å². The Morgan fingerprint density at radius 1 is 1.00 bits per heavy atom. The van der Waals surface area contributed by atoms with Crippen molar-refractivity contribution in [3.63, 3.8) is 0 Å². The van der Waals surface area contributed by atoms with Crippen LogP contribution >= 0.6 is 8.60 Å². The molecule has 0 aromatic heterocycles. The Kier molecular flexibility index (Phi) is 6.77. The quantitative estimate of drug-likeness (QED) is 0.700.